The highest BCUT2D eigenvalue weighted by Crippen LogP contribution is 2.24. The number of rotatable bonds is 5. The van der Waals surface area contributed by atoms with Crippen molar-refractivity contribution in [2.75, 3.05) is 33.2 Å². The van der Waals surface area contributed by atoms with Gasteiger partial charge in [-0.2, -0.15) is 0 Å². The molecule has 0 bridgehead atoms. The summed E-state index contributed by atoms with van der Waals surface area (Å²) < 4.78 is 0. The fraction of sp³-hybridized carbons (Fsp3) is 1.00. The molecule has 1 rings (SSSR count). The van der Waals surface area contributed by atoms with Gasteiger partial charge in [-0.3, -0.25) is 45.4 Å². The highest BCUT2D eigenvalue weighted by molar-refractivity contribution is 4.84. The molecule has 1 saturated heterocycles. The lowest BCUT2D eigenvalue weighted by atomic mass is 10.0. The predicted molar refractivity (Wildman–Crippen MR) is 69.5 cm³/mol. The first-order valence-electron chi connectivity index (χ1n) is 6.05. The third-order valence-corrected chi connectivity index (χ3v) is 3.51. The van der Waals surface area contributed by atoms with E-state index in [1.807, 2.05) is 0 Å². The fourth-order valence-corrected chi connectivity index (χ4v) is 2.37. The Morgan fingerprint density at radius 3 is 1.17 bits per heavy atom. The average molecular weight is 353 g/mol. The van der Waals surface area contributed by atoms with Gasteiger partial charge in [0.15, 0.2) is 5.03 Å². The van der Waals surface area contributed by atoms with Crippen LogP contribution in [0.25, 0.3) is 0 Å². The van der Waals surface area contributed by atoms with Gasteiger partial charge in [0.1, 0.15) is 32.8 Å². The van der Waals surface area contributed by atoms with Crippen molar-refractivity contribution >= 4 is 0 Å². The number of likely N-dealkylation sites (N-methyl/N-ethyl adjacent to an activating group) is 1. The molecule has 134 valence electrons. The Bertz CT molecular complexity index is 534. The summed E-state index contributed by atoms with van der Waals surface area (Å²) in [7, 11) is 0.978. The van der Waals surface area contributed by atoms with Crippen molar-refractivity contribution in [2.24, 2.45) is 0 Å². The molecule has 1 fully saturated rings. The molecule has 0 radical (unpaired) electrons. The smallest absolute Gasteiger partial charge is 0.280 e. The zero-order valence-corrected chi connectivity index (χ0v) is 12.0. The van der Waals surface area contributed by atoms with Gasteiger partial charge in [-0.25, -0.2) is 10.1 Å². The quantitative estimate of drug-likeness (QED) is 0.295. The molecule has 1 aliphatic heterocycles. The molecule has 0 aromatic heterocycles. The summed E-state index contributed by atoms with van der Waals surface area (Å²) in [4.78, 5) is 50.8. The maximum atomic E-state index is 11.1. The van der Waals surface area contributed by atoms with E-state index in [-0.39, 0.29) is 5.01 Å². The topological polar surface area (TPSA) is 222 Å². The zero-order valence-electron chi connectivity index (χ0n) is 12.0. The maximum Gasteiger partial charge on any atom is 0.493 e. The van der Waals surface area contributed by atoms with Gasteiger partial charge < -0.3 is 0 Å². The van der Waals surface area contributed by atoms with E-state index in [9.17, 15) is 50.6 Å². The maximum absolute atomic E-state index is 11.1. The van der Waals surface area contributed by atoms with Crippen LogP contribution in [0.2, 0.25) is 0 Å². The first-order valence-corrected chi connectivity index (χ1v) is 6.05. The highest BCUT2D eigenvalue weighted by atomic mass is 16.7. The second-order valence-corrected chi connectivity index (χ2v) is 5.23. The standard InChI is InChI=1S/C7H11N7O10/c1-8-2-6(10(15)16,11(17)18)4-9(14(23)24)5-7(3-8,12(19)20)13(21)22/h2-5H2,1H3. The number of hydrogen-bond donors (Lipinski definition) is 0. The van der Waals surface area contributed by atoms with E-state index in [4.69, 9.17) is 0 Å². The van der Waals surface area contributed by atoms with Crippen molar-refractivity contribution < 1.29 is 24.7 Å². The summed E-state index contributed by atoms with van der Waals surface area (Å²) >= 11 is 0. The highest BCUT2D eigenvalue weighted by Gasteiger charge is 2.68. The molecule has 0 amide bonds. The second-order valence-electron chi connectivity index (χ2n) is 5.23. The van der Waals surface area contributed by atoms with E-state index in [0.29, 0.717) is 4.90 Å². The Balaban J connectivity index is 3.49. The van der Waals surface area contributed by atoms with Crippen molar-refractivity contribution in [3.8, 4) is 0 Å². The molecule has 0 saturated carbocycles. The molecule has 0 spiro atoms. The van der Waals surface area contributed by atoms with E-state index in [2.05, 4.69) is 0 Å². The van der Waals surface area contributed by atoms with Crippen LogP contribution in [0.1, 0.15) is 0 Å². The Morgan fingerprint density at radius 2 is 0.958 bits per heavy atom. The summed E-state index contributed by atoms with van der Waals surface area (Å²) in [5.41, 5.74) is -6.14. The summed E-state index contributed by atoms with van der Waals surface area (Å²) in [5, 5.41) is 54.0. The van der Waals surface area contributed by atoms with Crippen LogP contribution in [0.4, 0.5) is 0 Å². The number of nitrogens with zero attached hydrogens (tertiary/aromatic N) is 7. The largest absolute Gasteiger partial charge is 0.493 e. The van der Waals surface area contributed by atoms with Gasteiger partial charge in [-0.15, -0.1) is 0 Å². The molecular formula is C7H11N7O10. The Hall–Kier alpha value is -3.24. The molecule has 1 aliphatic rings. The molecule has 0 N–H and O–H groups in total. The van der Waals surface area contributed by atoms with Crippen LogP contribution in [-0.4, -0.2) is 79.2 Å². The minimum absolute atomic E-state index is 0.232. The Kier molecular flexibility index (Phi) is 4.78. The minimum atomic E-state index is -3.07. The number of nitro groups is 5. The lowest BCUT2D eigenvalue weighted by Crippen LogP contribution is -2.70. The first kappa shape index (κ1) is 18.8. The van der Waals surface area contributed by atoms with Crippen LogP contribution in [0.5, 0.6) is 0 Å². The van der Waals surface area contributed by atoms with E-state index in [1.165, 1.54) is 0 Å². The molecule has 0 aliphatic carbocycles. The summed E-state index contributed by atoms with van der Waals surface area (Å²) in [6.07, 6.45) is 0. The molecule has 1 heterocycles. The van der Waals surface area contributed by atoms with Crippen molar-refractivity contribution in [3.63, 3.8) is 0 Å². The van der Waals surface area contributed by atoms with Crippen LogP contribution in [-0.2, 0) is 0 Å². The Morgan fingerprint density at radius 1 is 0.667 bits per heavy atom. The van der Waals surface area contributed by atoms with Crippen molar-refractivity contribution in [2.45, 2.75) is 11.3 Å². The van der Waals surface area contributed by atoms with Crippen molar-refractivity contribution in [1.82, 2.24) is 9.91 Å². The van der Waals surface area contributed by atoms with Crippen molar-refractivity contribution in [1.29, 1.82) is 0 Å². The van der Waals surface area contributed by atoms with Gasteiger partial charge in [0, 0.05) is 0 Å². The molecule has 24 heavy (non-hydrogen) atoms. The number of hydrogen-bond acceptors (Lipinski definition) is 11. The SMILES string of the molecule is CN1CC([N+](=O)[O-])([N+](=O)[O-])CN([N+](=O)[O-])CC([N+](=O)[O-])([N+](=O)[O-])C1. The van der Waals surface area contributed by atoms with E-state index >= 15 is 0 Å². The zero-order chi connectivity index (χ0) is 18.9. The lowest BCUT2D eigenvalue weighted by Gasteiger charge is -2.30. The Labute approximate surface area is 131 Å². The third-order valence-electron chi connectivity index (χ3n) is 3.51. The summed E-state index contributed by atoms with van der Waals surface area (Å²) in [6.45, 7) is -5.15. The average Bonchev–Trinajstić information content (AvgIpc) is 2.40. The molecule has 17 nitrogen and oxygen atoms in total. The van der Waals surface area contributed by atoms with E-state index < -0.39 is 62.2 Å². The third kappa shape index (κ3) is 2.95. The molecule has 0 atom stereocenters. The normalized spacial score (nSPS) is 20.5. The molecule has 0 unspecified atom stereocenters. The van der Waals surface area contributed by atoms with Crippen molar-refractivity contribution in [3.05, 3.63) is 50.6 Å². The summed E-state index contributed by atoms with van der Waals surface area (Å²) in [6, 6.07) is 0. The molecule has 0 aromatic rings. The predicted octanol–water partition coefficient (Wildman–Crippen LogP) is -2.08. The first-order chi connectivity index (χ1) is 10.9. The lowest BCUT2D eigenvalue weighted by molar-refractivity contribution is -0.832. The van der Waals surface area contributed by atoms with Gasteiger partial charge in [-0.1, -0.05) is 5.01 Å². The number of hydrazine groups is 1. The molecule has 17 heteroatoms. The minimum Gasteiger partial charge on any atom is -0.280 e. The molecule has 0 aromatic carbocycles. The fourth-order valence-electron chi connectivity index (χ4n) is 2.37. The van der Waals surface area contributed by atoms with Crippen LogP contribution < -0.4 is 0 Å². The summed E-state index contributed by atoms with van der Waals surface area (Å²) in [5.74, 6) is 0. The van der Waals surface area contributed by atoms with Gasteiger partial charge in [0.2, 0.25) is 13.1 Å². The van der Waals surface area contributed by atoms with Gasteiger partial charge in [0.25, 0.3) is 0 Å². The van der Waals surface area contributed by atoms with Crippen LogP contribution in [0, 0.1) is 50.6 Å². The van der Waals surface area contributed by atoms with Crippen LogP contribution >= 0.6 is 0 Å². The van der Waals surface area contributed by atoms with Crippen LogP contribution in [0.3, 0.4) is 0 Å². The van der Waals surface area contributed by atoms with Crippen LogP contribution in [0.15, 0.2) is 0 Å². The second kappa shape index (κ2) is 6.10. The van der Waals surface area contributed by atoms with E-state index in [0.717, 1.165) is 7.05 Å². The van der Waals surface area contributed by atoms with Gasteiger partial charge in [-0.05, 0) is 7.05 Å². The van der Waals surface area contributed by atoms with Gasteiger partial charge >= 0.3 is 11.3 Å². The van der Waals surface area contributed by atoms with Gasteiger partial charge in [0.05, 0.1) is 0 Å². The molecular weight excluding hydrogens is 342 g/mol. The van der Waals surface area contributed by atoms with E-state index in [1.54, 1.807) is 0 Å². The monoisotopic (exact) mass is 353 g/mol.